The lowest BCUT2D eigenvalue weighted by Crippen LogP contribution is -2.45. The molecule has 1 aliphatic heterocycles. The van der Waals surface area contributed by atoms with Crippen LogP contribution in [0.25, 0.3) is 0 Å². The lowest BCUT2D eigenvalue weighted by Gasteiger charge is -2.38. The standard InChI is InChI=1S/C22H23N5O2/c1-14-8-10-16(11-9-14)24-22-23-13-18-20(25-22)27(3)19(21(28)26(18)2)15-6-5-7-17(12-15)29-4/h5-13,19H,1-4H3,(H,23,24,25). The summed E-state index contributed by atoms with van der Waals surface area (Å²) in [4.78, 5) is 25.7. The summed E-state index contributed by atoms with van der Waals surface area (Å²) in [5.74, 6) is 1.83. The molecular formula is C22H23N5O2. The first kappa shape index (κ1) is 18.7. The first-order valence-corrected chi connectivity index (χ1v) is 9.33. The van der Waals surface area contributed by atoms with Gasteiger partial charge in [0.15, 0.2) is 5.82 Å². The molecule has 0 saturated heterocycles. The molecule has 1 amide bonds. The van der Waals surface area contributed by atoms with Crippen molar-refractivity contribution in [2.45, 2.75) is 13.0 Å². The number of rotatable bonds is 4. The van der Waals surface area contributed by atoms with E-state index in [1.54, 1.807) is 25.3 Å². The molecule has 2 aromatic carbocycles. The number of nitrogens with one attached hydrogen (secondary N) is 1. The molecule has 1 atom stereocenters. The summed E-state index contributed by atoms with van der Waals surface area (Å²) in [6.07, 6.45) is 1.68. The van der Waals surface area contributed by atoms with Crippen LogP contribution in [-0.4, -0.2) is 37.1 Å². The maximum Gasteiger partial charge on any atom is 0.254 e. The summed E-state index contributed by atoms with van der Waals surface area (Å²) < 4.78 is 5.33. The van der Waals surface area contributed by atoms with Crippen molar-refractivity contribution >= 4 is 29.0 Å². The van der Waals surface area contributed by atoms with E-state index in [2.05, 4.69) is 10.3 Å². The number of aryl methyl sites for hydroxylation is 1. The van der Waals surface area contributed by atoms with E-state index in [4.69, 9.17) is 9.72 Å². The van der Waals surface area contributed by atoms with Gasteiger partial charge in [-0.2, -0.15) is 4.98 Å². The summed E-state index contributed by atoms with van der Waals surface area (Å²) in [6.45, 7) is 2.04. The summed E-state index contributed by atoms with van der Waals surface area (Å²) in [6, 6.07) is 15.1. The molecule has 1 aromatic heterocycles. The van der Waals surface area contributed by atoms with E-state index in [9.17, 15) is 4.79 Å². The van der Waals surface area contributed by atoms with Gasteiger partial charge >= 0.3 is 0 Å². The van der Waals surface area contributed by atoms with Crippen LogP contribution in [-0.2, 0) is 4.79 Å². The second-order valence-electron chi connectivity index (χ2n) is 7.08. The molecule has 2 heterocycles. The Morgan fingerprint density at radius 2 is 1.86 bits per heavy atom. The van der Waals surface area contributed by atoms with Gasteiger partial charge in [-0.3, -0.25) is 4.79 Å². The van der Waals surface area contributed by atoms with Crippen molar-refractivity contribution in [1.29, 1.82) is 0 Å². The van der Waals surface area contributed by atoms with Crippen molar-refractivity contribution in [2.75, 3.05) is 36.3 Å². The van der Waals surface area contributed by atoms with E-state index >= 15 is 0 Å². The Kier molecular flexibility index (Phi) is 4.80. The number of anilines is 4. The predicted octanol–water partition coefficient (Wildman–Crippen LogP) is 3.69. The minimum Gasteiger partial charge on any atom is -0.497 e. The third kappa shape index (κ3) is 3.47. The first-order chi connectivity index (χ1) is 14.0. The molecule has 7 nitrogen and oxygen atoms in total. The van der Waals surface area contributed by atoms with Gasteiger partial charge in [0.25, 0.3) is 5.91 Å². The topological polar surface area (TPSA) is 70.6 Å². The van der Waals surface area contributed by atoms with Crippen LogP contribution >= 0.6 is 0 Å². The van der Waals surface area contributed by atoms with Crippen LogP contribution in [0.5, 0.6) is 5.75 Å². The fourth-order valence-corrected chi connectivity index (χ4v) is 3.46. The Hall–Kier alpha value is -3.61. The Bertz CT molecular complexity index is 1050. The molecule has 29 heavy (non-hydrogen) atoms. The van der Waals surface area contributed by atoms with E-state index in [0.29, 0.717) is 23.2 Å². The number of carbonyl (C=O) groups is 1. The number of hydrogen-bond donors (Lipinski definition) is 1. The fraction of sp³-hybridized carbons (Fsp3) is 0.227. The zero-order chi connectivity index (χ0) is 20.5. The highest BCUT2D eigenvalue weighted by Gasteiger charge is 2.37. The number of nitrogens with zero attached hydrogens (tertiary/aromatic N) is 4. The molecule has 0 bridgehead atoms. The summed E-state index contributed by atoms with van der Waals surface area (Å²) in [7, 11) is 5.23. The zero-order valence-electron chi connectivity index (χ0n) is 16.9. The maximum atomic E-state index is 13.1. The number of carbonyl (C=O) groups excluding carboxylic acids is 1. The van der Waals surface area contributed by atoms with Gasteiger partial charge in [0, 0.05) is 19.8 Å². The van der Waals surface area contributed by atoms with E-state index in [-0.39, 0.29) is 5.91 Å². The summed E-state index contributed by atoms with van der Waals surface area (Å²) >= 11 is 0. The molecule has 148 valence electrons. The molecule has 0 aliphatic carbocycles. The Labute approximate surface area is 170 Å². The maximum absolute atomic E-state index is 13.1. The molecule has 7 heteroatoms. The van der Waals surface area contributed by atoms with Crippen LogP contribution in [0.15, 0.2) is 54.7 Å². The number of benzene rings is 2. The highest BCUT2D eigenvalue weighted by Crippen LogP contribution is 2.39. The molecule has 3 aromatic rings. The lowest BCUT2D eigenvalue weighted by molar-refractivity contribution is -0.120. The number of fused-ring (bicyclic) bond motifs is 1. The van der Waals surface area contributed by atoms with Crippen LogP contribution < -0.4 is 19.9 Å². The molecule has 0 saturated carbocycles. The highest BCUT2D eigenvalue weighted by atomic mass is 16.5. The summed E-state index contributed by atoms with van der Waals surface area (Å²) in [5, 5.41) is 3.23. The minimum absolute atomic E-state index is 0.0453. The third-order valence-corrected chi connectivity index (χ3v) is 5.11. The molecule has 1 N–H and O–H groups in total. The monoisotopic (exact) mass is 389 g/mol. The van der Waals surface area contributed by atoms with Crippen LogP contribution in [0.2, 0.25) is 0 Å². The van der Waals surface area contributed by atoms with Gasteiger partial charge in [-0.05, 0) is 36.8 Å². The van der Waals surface area contributed by atoms with Gasteiger partial charge < -0.3 is 19.9 Å². The molecule has 0 radical (unpaired) electrons. The molecule has 1 unspecified atom stereocenters. The Balaban J connectivity index is 1.70. The largest absolute Gasteiger partial charge is 0.497 e. The third-order valence-electron chi connectivity index (χ3n) is 5.11. The van der Waals surface area contributed by atoms with Crippen LogP contribution in [0, 0.1) is 6.92 Å². The molecular weight excluding hydrogens is 366 g/mol. The van der Waals surface area contributed by atoms with Crippen LogP contribution in [0.4, 0.5) is 23.1 Å². The van der Waals surface area contributed by atoms with E-state index in [1.165, 1.54) is 5.56 Å². The molecule has 4 rings (SSSR count). The van der Waals surface area contributed by atoms with Crippen molar-refractivity contribution in [3.05, 3.63) is 65.9 Å². The fourth-order valence-electron chi connectivity index (χ4n) is 3.46. The number of aromatic nitrogens is 2. The Morgan fingerprint density at radius 1 is 1.10 bits per heavy atom. The first-order valence-electron chi connectivity index (χ1n) is 9.33. The summed E-state index contributed by atoms with van der Waals surface area (Å²) in [5.41, 5.74) is 3.61. The Morgan fingerprint density at radius 3 is 2.59 bits per heavy atom. The van der Waals surface area contributed by atoms with Gasteiger partial charge in [0.1, 0.15) is 17.5 Å². The predicted molar refractivity (Wildman–Crippen MR) is 114 cm³/mol. The van der Waals surface area contributed by atoms with Gasteiger partial charge in [-0.1, -0.05) is 29.8 Å². The number of likely N-dealkylation sites (N-methyl/N-ethyl adjacent to an activating group) is 2. The number of hydrogen-bond acceptors (Lipinski definition) is 6. The van der Waals surface area contributed by atoms with E-state index in [1.807, 2.05) is 67.4 Å². The van der Waals surface area contributed by atoms with E-state index in [0.717, 1.165) is 11.3 Å². The van der Waals surface area contributed by atoms with E-state index < -0.39 is 6.04 Å². The second-order valence-corrected chi connectivity index (χ2v) is 7.08. The average Bonchev–Trinajstić information content (AvgIpc) is 2.74. The van der Waals surface area contributed by atoms with Crippen molar-refractivity contribution in [3.63, 3.8) is 0 Å². The minimum atomic E-state index is -0.496. The van der Waals surface area contributed by atoms with Crippen LogP contribution in [0.3, 0.4) is 0 Å². The van der Waals surface area contributed by atoms with Crippen molar-refractivity contribution in [1.82, 2.24) is 9.97 Å². The van der Waals surface area contributed by atoms with Gasteiger partial charge in [0.05, 0.1) is 13.3 Å². The van der Waals surface area contributed by atoms with Crippen molar-refractivity contribution in [2.24, 2.45) is 0 Å². The normalized spacial score (nSPS) is 15.9. The van der Waals surface area contributed by atoms with Gasteiger partial charge in [0.2, 0.25) is 5.95 Å². The van der Waals surface area contributed by atoms with Gasteiger partial charge in [-0.15, -0.1) is 0 Å². The second kappa shape index (κ2) is 7.43. The van der Waals surface area contributed by atoms with Crippen molar-refractivity contribution in [3.8, 4) is 5.75 Å². The highest BCUT2D eigenvalue weighted by molar-refractivity contribution is 6.04. The van der Waals surface area contributed by atoms with Crippen LogP contribution in [0.1, 0.15) is 17.2 Å². The SMILES string of the molecule is COc1cccc(C2C(=O)N(C)c3cnc(Nc4ccc(C)cc4)nc3N2C)c1. The smallest absolute Gasteiger partial charge is 0.254 e. The quantitative estimate of drug-likeness (QED) is 0.734. The number of ether oxygens (including phenoxy) is 1. The molecule has 0 fully saturated rings. The molecule has 1 aliphatic rings. The zero-order valence-corrected chi connectivity index (χ0v) is 16.9. The number of amides is 1. The lowest BCUT2D eigenvalue weighted by atomic mass is 10.0. The molecule has 0 spiro atoms. The average molecular weight is 389 g/mol. The van der Waals surface area contributed by atoms with Crippen molar-refractivity contribution < 1.29 is 9.53 Å². The number of methoxy groups -OCH3 is 1. The van der Waals surface area contributed by atoms with Gasteiger partial charge in [-0.25, -0.2) is 4.98 Å².